The minimum absolute atomic E-state index is 0. The molecule has 1 fully saturated rings. The Balaban J connectivity index is 0.00000133. The van der Waals surface area contributed by atoms with Gasteiger partial charge in [0.1, 0.15) is 0 Å². The molecule has 0 bridgehead atoms. The average molecular weight is 292 g/mol. The fourth-order valence-electron chi connectivity index (χ4n) is 2.55. The van der Waals surface area contributed by atoms with Crippen molar-refractivity contribution in [3.63, 3.8) is 0 Å². The summed E-state index contributed by atoms with van der Waals surface area (Å²) in [6.45, 7) is 2.06. The van der Waals surface area contributed by atoms with E-state index in [4.69, 9.17) is 0 Å². The van der Waals surface area contributed by atoms with Crippen LogP contribution in [0.15, 0.2) is 18.2 Å². The van der Waals surface area contributed by atoms with Gasteiger partial charge in [0.2, 0.25) is 0 Å². The molecule has 6 heteroatoms. The van der Waals surface area contributed by atoms with E-state index in [1.807, 2.05) is 6.07 Å². The predicted molar refractivity (Wildman–Crippen MR) is 69.2 cm³/mol. The predicted octanol–water partition coefficient (Wildman–Crippen LogP) is 2.97. The minimum Gasteiger partial charge on any atom is -0.395 e. The molecule has 0 saturated carbocycles. The highest BCUT2D eigenvalue weighted by Crippen LogP contribution is 2.41. The van der Waals surface area contributed by atoms with Crippen LogP contribution in [0.5, 0.6) is 11.5 Å². The molecular weight excluding hydrogens is 276 g/mol. The number of halogens is 3. The third-order valence-electron chi connectivity index (χ3n) is 3.39. The molecule has 2 heterocycles. The molecule has 1 atom stereocenters. The van der Waals surface area contributed by atoms with E-state index in [9.17, 15) is 8.78 Å². The second-order valence-electron chi connectivity index (χ2n) is 4.87. The van der Waals surface area contributed by atoms with Crippen molar-refractivity contribution in [2.75, 3.05) is 13.1 Å². The van der Waals surface area contributed by atoms with Gasteiger partial charge in [-0.25, -0.2) is 0 Å². The Kier molecular flexibility index (Phi) is 4.16. The van der Waals surface area contributed by atoms with Crippen LogP contribution < -0.4 is 14.8 Å². The van der Waals surface area contributed by atoms with E-state index < -0.39 is 6.29 Å². The van der Waals surface area contributed by atoms with Gasteiger partial charge in [-0.15, -0.1) is 21.2 Å². The molecule has 0 aromatic heterocycles. The summed E-state index contributed by atoms with van der Waals surface area (Å²) in [6, 6.07) is 5.05. The maximum absolute atomic E-state index is 12.9. The smallest absolute Gasteiger partial charge is 0.395 e. The zero-order valence-electron chi connectivity index (χ0n) is 10.3. The Morgan fingerprint density at radius 1 is 1.26 bits per heavy atom. The number of hydrogen-bond donors (Lipinski definition) is 1. The molecule has 0 aliphatic carbocycles. The summed E-state index contributed by atoms with van der Waals surface area (Å²) in [6.07, 6.45) is -0.284. The topological polar surface area (TPSA) is 30.5 Å². The van der Waals surface area contributed by atoms with Crippen LogP contribution in [0.3, 0.4) is 0 Å². The average Bonchev–Trinajstić information content (AvgIpc) is 2.63. The van der Waals surface area contributed by atoms with Crippen LogP contribution in [0, 0.1) is 5.92 Å². The molecule has 2 aliphatic heterocycles. The lowest BCUT2D eigenvalue weighted by atomic mass is 9.92. The largest absolute Gasteiger partial charge is 0.586 e. The molecule has 0 spiro atoms. The molecule has 2 aliphatic rings. The van der Waals surface area contributed by atoms with Crippen molar-refractivity contribution >= 4 is 12.4 Å². The summed E-state index contributed by atoms with van der Waals surface area (Å²) in [7, 11) is 0. The standard InChI is InChI=1S/C13H15F2NO2.ClH/c14-13(15)17-11-4-3-9(7-12(11)18-13)6-10-2-1-5-16-8-10;/h3-4,7,10,16H,1-2,5-6,8H2;1H. The van der Waals surface area contributed by atoms with Crippen molar-refractivity contribution in [3.8, 4) is 11.5 Å². The number of benzene rings is 1. The fraction of sp³-hybridized carbons (Fsp3) is 0.538. The van der Waals surface area contributed by atoms with Crippen LogP contribution in [0.1, 0.15) is 18.4 Å². The van der Waals surface area contributed by atoms with Gasteiger partial charge in [0.05, 0.1) is 0 Å². The number of piperidine rings is 1. The molecule has 0 amide bonds. The van der Waals surface area contributed by atoms with Crippen LogP contribution in [0.25, 0.3) is 0 Å². The van der Waals surface area contributed by atoms with Crippen molar-refractivity contribution < 1.29 is 18.3 Å². The van der Waals surface area contributed by atoms with Gasteiger partial charge in [-0.1, -0.05) is 6.07 Å². The van der Waals surface area contributed by atoms with Crippen molar-refractivity contribution in [2.45, 2.75) is 25.6 Å². The fourth-order valence-corrected chi connectivity index (χ4v) is 2.55. The third kappa shape index (κ3) is 3.28. The van der Waals surface area contributed by atoms with Crippen molar-refractivity contribution in [1.29, 1.82) is 0 Å². The molecule has 1 N–H and O–H groups in total. The van der Waals surface area contributed by atoms with Crippen LogP contribution in [0.4, 0.5) is 8.78 Å². The minimum atomic E-state index is -3.52. The molecule has 1 saturated heterocycles. The number of ether oxygens (including phenoxy) is 2. The molecule has 19 heavy (non-hydrogen) atoms. The van der Waals surface area contributed by atoms with Gasteiger partial charge in [-0.2, -0.15) is 0 Å². The van der Waals surface area contributed by atoms with Crippen molar-refractivity contribution in [1.82, 2.24) is 5.32 Å². The normalized spacial score (nSPS) is 23.8. The molecule has 0 radical (unpaired) electrons. The van der Waals surface area contributed by atoms with Crippen LogP contribution in [-0.4, -0.2) is 19.4 Å². The zero-order valence-corrected chi connectivity index (χ0v) is 11.1. The van der Waals surface area contributed by atoms with Crippen molar-refractivity contribution in [2.24, 2.45) is 5.92 Å². The molecule has 1 aromatic rings. The zero-order chi connectivity index (χ0) is 12.6. The number of fused-ring (bicyclic) bond motifs is 1. The first-order chi connectivity index (χ1) is 8.62. The quantitative estimate of drug-likeness (QED) is 0.909. The highest BCUT2D eigenvalue weighted by molar-refractivity contribution is 5.85. The number of rotatable bonds is 2. The Morgan fingerprint density at radius 2 is 2.05 bits per heavy atom. The van der Waals surface area contributed by atoms with Crippen molar-refractivity contribution in [3.05, 3.63) is 23.8 Å². The van der Waals surface area contributed by atoms with E-state index in [2.05, 4.69) is 14.8 Å². The van der Waals surface area contributed by atoms with E-state index in [1.54, 1.807) is 12.1 Å². The molecule has 106 valence electrons. The van der Waals surface area contributed by atoms with Gasteiger partial charge >= 0.3 is 6.29 Å². The Bertz CT molecular complexity index is 450. The Labute approximate surface area is 116 Å². The SMILES string of the molecule is Cl.FC1(F)Oc2ccc(CC3CCCNC3)cc2O1. The van der Waals surface area contributed by atoms with Crippen LogP contribution in [-0.2, 0) is 6.42 Å². The Morgan fingerprint density at radius 3 is 2.79 bits per heavy atom. The summed E-state index contributed by atoms with van der Waals surface area (Å²) in [5.41, 5.74) is 1.02. The monoisotopic (exact) mass is 291 g/mol. The molecule has 3 nitrogen and oxygen atoms in total. The van der Waals surface area contributed by atoms with Gasteiger partial charge in [0.15, 0.2) is 11.5 Å². The maximum Gasteiger partial charge on any atom is 0.586 e. The first kappa shape index (κ1) is 14.3. The summed E-state index contributed by atoms with van der Waals surface area (Å²) < 4.78 is 34.6. The lowest BCUT2D eigenvalue weighted by molar-refractivity contribution is -0.286. The summed E-state index contributed by atoms with van der Waals surface area (Å²) in [4.78, 5) is 0. The maximum atomic E-state index is 12.9. The first-order valence-electron chi connectivity index (χ1n) is 6.22. The summed E-state index contributed by atoms with van der Waals surface area (Å²) in [5, 5.41) is 3.34. The van der Waals surface area contributed by atoms with E-state index in [1.165, 1.54) is 12.8 Å². The van der Waals surface area contributed by atoms with Gasteiger partial charge in [0, 0.05) is 0 Å². The molecule has 3 rings (SSSR count). The van der Waals surface area contributed by atoms with E-state index in [-0.39, 0.29) is 23.9 Å². The van der Waals surface area contributed by atoms with E-state index in [0.717, 1.165) is 25.1 Å². The van der Waals surface area contributed by atoms with E-state index in [0.29, 0.717) is 5.92 Å². The molecular formula is C13H16ClF2NO2. The van der Waals surface area contributed by atoms with E-state index >= 15 is 0 Å². The van der Waals surface area contributed by atoms with Gasteiger partial charge in [-0.3, -0.25) is 0 Å². The van der Waals surface area contributed by atoms with Gasteiger partial charge < -0.3 is 14.8 Å². The highest BCUT2D eigenvalue weighted by atomic mass is 35.5. The lowest BCUT2D eigenvalue weighted by Gasteiger charge is -2.22. The highest BCUT2D eigenvalue weighted by Gasteiger charge is 2.43. The number of hydrogen-bond acceptors (Lipinski definition) is 3. The molecule has 1 unspecified atom stereocenters. The Hall–Kier alpha value is -1.07. The van der Waals surface area contributed by atoms with Gasteiger partial charge in [0.25, 0.3) is 0 Å². The van der Waals surface area contributed by atoms with Crippen LogP contribution in [0.2, 0.25) is 0 Å². The molecule has 1 aromatic carbocycles. The first-order valence-corrected chi connectivity index (χ1v) is 6.22. The summed E-state index contributed by atoms with van der Waals surface area (Å²) >= 11 is 0. The lowest BCUT2D eigenvalue weighted by Crippen LogP contribution is -2.30. The van der Waals surface area contributed by atoms with Crippen LogP contribution >= 0.6 is 12.4 Å². The number of nitrogens with one attached hydrogen (secondary N) is 1. The van der Waals surface area contributed by atoms with Gasteiger partial charge in [-0.05, 0) is 56.0 Å². The number of alkyl halides is 2. The third-order valence-corrected chi connectivity index (χ3v) is 3.39. The second-order valence-corrected chi connectivity index (χ2v) is 4.87. The second kappa shape index (κ2) is 5.51. The summed E-state index contributed by atoms with van der Waals surface area (Å²) in [5.74, 6) is 0.825.